The predicted molar refractivity (Wildman–Crippen MR) is 77.2 cm³/mol. The number of rotatable bonds is 3. The number of aromatic nitrogens is 2. The molecular weight excluding hydrogens is 331 g/mol. The Kier molecular flexibility index (Phi) is 4.31. The number of ether oxygens (including phenoxy) is 1. The monoisotopic (exact) mass is 343 g/mol. The highest BCUT2D eigenvalue weighted by atomic mass is 32.1. The van der Waals surface area contributed by atoms with E-state index in [1.165, 1.54) is 11.3 Å². The summed E-state index contributed by atoms with van der Waals surface area (Å²) in [7, 11) is 0. The van der Waals surface area contributed by atoms with Gasteiger partial charge in [-0.2, -0.15) is 13.2 Å². The molecule has 2 aromatic heterocycles. The maximum absolute atomic E-state index is 12.6. The van der Waals surface area contributed by atoms with Crippen molar-refractivity contribution < 1.29 is 22.7 Å². The van der Waals surface area contributed by atoms with E-state index >= 15 is 0 Å². The van der Waals surface area contributed by atoms with Crippen molar-refractivity contribution in [3.05, 3.63) is 40.0 Å². The average Bonchev–Trinajstić information content (AvgIpc) is 3.18. The molecule has 1 N–H and O–H groups in total. The summed E-state index contributed by atoms with van der Waals surface area (Å²) in [5.41, 5.74) is -0.735. The number of alkyl halides is 3. The topological polar surface area (TPSA) is 64.1 Å². The zero-order valence-corrected chi connectivity index (χ0v) is 12.6. The molecule has 1 fully saturated rings. The van der Waals surface area contributed by atoms with Crippen molar-refractivity contribution in [3.63, 3.8) is 0 Å². The number of carbonyl (C=O) groups is 1. The van der Waals surface area contributed by atoms with E-state index in [2.05, 4.69) is 15.3 Å². The normalized spacial score (nSPS) is 18.1. The van der Waals surface area contributed by atoms with Crippen molar-refractivity contribution in [1.29, 1.82) is 0 Å². The lowest BCUT2D eigenvalue weighted by Gasteiger charge is -2.08. The van der Waals surface area contributed by atoms with Gasteiger partial charge in [0.1, 0.15) is 22.6 Å². The van der Waals surface area contributed by atoms with Gasteiger partial charge < -0.3 is 10.1 Å². The first-order valence-corrected chi connectivity index (χ1v) is 7.73. The summed E-state index contributed by atoms with van der Waals surface area (Å²) in [6.07, 6.45) is -1.80. The maximum Gasteiger partial charge on any atom is 0.416 e. The molecule has 1 atom stereocenters. The lowest BCUT2D eigenvalue weighted by molar-refractivity contribution is -0.137. The van der Waals surface area contributed by atoms with Crippen LogP contribution in [0.3, 0.4) is 0 Å². The van der Waals surface area contributed by atoms with Gasteiger partial charge in [0.05, 0.1) is 5.56 Å². The van der Waals surface area contributed by atoms with E-state index in [0.717, 1.165) is 31.2 Å². The van der Waals surface area contributed by atoms with Crippen molar-refractivity contribution in [3.8, 4) is 0 Å². The van der Waals surface area contributed by atoms with E-state index in [9.17, 15) is 18.0 Å². The third kappa shape index (κ3) is 3.67. The highest BCUT2D eigenvalue weighted by Crippen LogP contribution is 2.31. The fourth-order valence-corrected chi connectivity index (χ4v) is 3.05. The van der Waals surface area contributed by atoms with Crippen LogP contribution in [0.4, 0.5) is 19.0 Å². The van der Waals surface area contributed by atoms with E-state index in [-0.39, 0.29) is 17.6 Å². The van der Waals surface area contributed by atoms with E-state index in [4.69, 9.17) is 4.74 Å². The highest BCUT2D eigenvalue weighted by Gasteiger charge is 2.31. The Balaban J connectivity index is 1.72. The molecule has 23 heavy (non-hydrogen) atoms. The number of anilines is 1. The van der Waals surface area contributed by atoms with Crippen LogP contribution in [0.25, 0.3) is 0 Å². The van der Waals surface area contributed by atoms with Crippen molar-refractivity contribution >= 4 is 23.1 Å². The molecule has 1 amide bonds. The molecule has 1 saturated heterocycles. The number of pyridine rings is 1. The van der Waals surface area contributed by atoms with E-state index < -0.39 is 17.6 Å². The Bertz CT molecular complexity index is 711. The van der Waals surface area contributed by atoms with Gasteiger partial charge in [-0.25, -0.2) is 9.97 Å². The van der Waals surface area contributed by atoms with Crippen molar-refractivity contribution in [2.24, 2.45) is 0 Å². The third-order valence-electron chi connectivity index (χ3n) is 3.29. The summed E-state index contributed by atoms with van der Waals surface area (Å²) in [6.45, 7) is 0.667. The Morgan fingerprint density at radius 1 is 1.43 bits per heavy atom. The molecule has 9 heteroatoms. The molecule has 3 heterocycles. The second-order valence-electron chi connectivity index (χ2n) is 4.95. The van der Waals surface area contributed by atoms with Crippen LogP contribution in [-0.2, 0) is 10.9 Å². The molecule has 0 spiro atoms. The molecule has 1 unspecified atom stereocenters. The molecule has 0 bridgehead atoms. The number of hydrogen-bond acceptors (Lipinski definition) is 5. The van der Waals surface area contributed by atoms with Gasteiger partial charge in [0.2, 0.25) is 0 Å². The summed E-state index contributed by atoms with van der Waals surface area (Å²) in [5.74, 6) is -0.770. The molecule has 0 aromatic carbocycles. The molecule has 0 saturated carbocycles. The largest absolute Gasteiger partial charge is 0.416 e. The smallest absolute Gasteiger partial charge is 0.371 e. The first kappa shape index (κ1) is 15.9. The minimum Gasteiger partial charge on any atom is -0.371 e. The number of thiazole rings is 1. The van der Waals surface area contributed by atoms with Crippen LogP contribution in [0.1, 0.15) is 40.0 Å². The molecule has 122 valence electrons. The fourth-order valence-electron chi connectivity index (χ4n) is 2.17. The standard InChI is InChI=1S/C14H12F3N3O2S/c15-14(16,17)8-3-4-18-11(6-8)20-12(21)9-7-23-13(19-9)10-2-1-5-22-10/h3-4,6-7,10H,1-2,5H2,(H,18,20,21). The summed E-state index contributed by atoms with van der Waals surface area (Å²) < 4.78 is 43.4. The van der Waals surface area contributed by atoms with E-state index in [1.807, 2.05) is 0 Å². The Morgan fingerprint density at radius 3 is 2.96 bits per heavy atom. The minimum absolute atomic E-state index is 0.103. The fraction of sp³-hybridized carbons (Fsp3) is 0.357. The number of nitrogens with zero attached hydrogens (tertiary/aromatic N) is 2. The maximum atomic E-state index is 12.6. The second-order valence-corrected chi connectivity index (χ2v) is 5.84. The number of halogens is 3. The third-order valence-corrected chi connectivity index (χ3v) is 4.23. The number of amides is 1. The van der Waals surface area contributed by atoms with Gasteiger partial charge in [-0.05, 0) is 25.0 Å². The quantitative estimate of drug-likeness (QED) is 0.924. The molecule has 0 aliphatic carbocycles. The zero-order chi connectivity index (χ0) is 16.4. The number of hydrogen-bond donors (Lipinski definition) is 1. The molecular formula is C14H12F3N3O2S. The van der Waals surface area contributed by atoms with Crippen molar-refractivity contribution in [2.45, 2.75) is 25.1 Å². The first-order valence-electron chi connectivity index (χ1n) is 6.85. The summed E-state index contributed by atoms with van der Waals surface area (Å²) in [4.78, 5) is 20.0. The highest BCUT2D eigenvalue weighted by molar-refractivity contribution is 7.09. The molecule has 3 rings (SSSR count). The number of nitrogens with one attached hydrogen (secondary N) is 1. The number of carbonyl (C=O) groups excluding carboxylic acids is 1. The first-order chi connectivity index (χ1) is 10.9. The molecule has 2 aromatic rings. The van der Waals surface area contributed by atoms with Gasteiger partial charge in [-0.1, -0.05) is 0 Å². The zero-order valence-electron chi connectivity index (χ0n) is 11.8. The van der Waals surface area contributed by atoms with Crippen molar-refractivity contribution in [2.75, 3.05) is 11.9 Å². The van der Waals surface area contributed by atoms with Gasteiger partial charge >= 0.3 is 6.18 Å². The second kappa shape index (κ2) is 6.25. The average molecular weight is 343 g/mol. The molecule has 1 aliphatic heterocycles. The van der Waals surface area contributed by atoms with Crippen LogP contribution in [-0.4, -0.2) is 22.5 Å². The van der Waals surface area contributed by atoms with Crippen LogP contribution >= 0.6 is 11.3 Å². The van der Waals surface area contributed by atoms with Crippen LogP contribution in [0.2, 0.25) is 0 Å². The van der Waals surface area contributed by atoms with Gasteiger partial charge in [0, 0.05) is 18.2 Å². The van der Waals surface area contributed by atoms with Gasteiger partial charge in [-0.15, -0.1) is 11.3 Å². The van der Waals surface area contributed by atoms with Gasteiger partial charge in [0.25, 0.3) is 5.91 Å². The summed E-state index contributed by atoms with van der Waals surface area (Å²) in [5, 5.41) is 4.58. The van der Waals surface area contributed by atoms with Gasteiger partial charge in [0.15, 0.2) is 0 Å². The summed E-state index contributed by atoms with van der Waals surface area (Å²) >= 11 is 1.30. The van der Waals surface area contributed by atoms with Crippen LogP contribution in [0, 0.1) is 0 Å². The Labute approximate surface area is 133 Å². The Hall–Kier alpha value is -2.00. The van der Waals surface area contributed by atoms with Crippen LogP contribution < -0.4 is 5.32 Å². The predicted octanol–water partition coefficient (Wildman–Crippen LogP) is 3.66. The minimum atomic E-state index is -4.49. The SMILES string of the molecule is O=C(Nc1cc(C(F)(F)F)ccn1)c1csc(C2CCCO2)n1. The summed E-state index contributed by atoms with van der Waals surface area (Å²) in [6, 6.07) is 1.62. The molecule has 0 radical (unpaired) electrons. The lowest BCUT2D eigenvalue weighted by atomic mass is 10.2. The van der Waals surface area contributed by atoms with E-state index in [1.54, 1.807) is 5.38 Å². The van der Waals surface area contributed by atoms with Crippen molar-refractivity contribution in [1.82, 2.24) is 9.97 Å². The molecule has 1 aliphatic rings. The van der Waals surface area contributed by atoms with Crippen LogP contribution in [0.5, 0.6) is 0 Å². The van der Waals surface area contributed by atoms with Gasteiger partial charge in [-0.3, -0.25) is 4.79 Å². The molecule has 5 nitrogen and oxygen atoms in total. The van der Waals surface area contributed by atoms with Crippen LogP contribution in [0.15, 0.2) is 23.7 Å². The Morgan fingerprint density at radius 2 is 2.26 bits per heavy atom. The lowest BCUT2D eigenvalue weighted by Crippen LogP contribution is -2.15. The van der Waals surface area contributed by atoms with E-state index in [0.29, 0.717) is 11.6 Å².